The Kier molecular flexibility index (Phi) is 2.99. The predicted octanol–water partition coefficient (Wildman–Crippen LogP) is 2.37. The third-order valence-electron chi connectivity index (χ3n) is 4.00. The quantitative estimate of drug-likeness (QED) is 0.858. The van der Waals surface area contributed by atoms with Gasteiger partial charge < -0.3 is 4.74 Å². The Bertz CT molecular complexity index is 585. The summed E-state index contributed by atoms with van der Waals surface area (Å²) in [7, 11) is 0. The van der Waals surface area contributed by atoms with E-state index in [1.165, 1.54) is 12.8 Å². The zero-order valence-electron chi connectivity index (χ0n) is 11.3. The Labute approximate surface area is 118 Å². The molecule has 1 saturated carbocycles. The molecule has 2 aromatic heterocycles. The molecule has 3 heterocycles. The molecule has 5 heteroatoms. The summed E-state index contributed by atoms with van der Waals surface area (Å²) in [4.78, 5) is 8.91. The topological polar surface area (TPSA) is 52.8 Å². The van der Waals surface area contributed by atoms with E-state index < -0.39 is 0 Å². The van der Waals surface area contributed by atoms with Gasteiger partial charge in [-0.05, 0) is 31.7 Å². The van der Waals surface area contributed by atoms with Gasteiger partial charge in [0.2, 0.25) is 0 Å². The molecule has 1 radical (unpaired) electrons. The fourth-order valence-electron chi connectivity index (χ4n) is 2.73. The lowest BCUT2D eigenvalue weighted by atomic mass is 9.99. The van der Waals surface area contributed by atoms with Gasteiger partial charge in [-0.2, -0.15) is 5.10 Å². The van der Waals surface area contributed by atoms with Crippen molar-refractivity contribution < 1.29 is 4.74 Å². The maximum atomic E-state index is 5.46. The Morgan fingerprint density at radius 3 is 2.75 bits per heavy atom. The van der Waals surface area contributed by atoms with Gasteiger partial charge in [0.25, 0.3) is 0 Å². The smallest absolute Gasteiger partial charge is 0.182 e. The summed E-state index contributed by atoms with van der Waals surface area (Å²) < 4.78 is 7.61. The van der Waals surface area contributed by atoms with Crippen molar-refractivity contribution in [2.24, 2.45) is 0 Å². The summed E-state index contributed by atoms with van der Waals surface area (Å²) in [6.07, 6.45) is 7.99. The highest BCUT2D eigenvalue weighted by Crippen LogP contribution is 2.38. The van der Waals surface area contributed by atoms with Gasteiger partial charge in [0.05, 0.1) is 6.04 Å². The molecule has 5 nitrogen and oxygen atoms in total. The number of nitrogens with zero attached hydrogens (tertiary/aromatic N) is 4. The molecule has 1 aliphatic carbocycles. The molecule has 4 rings (SSSR count). The molecular weight excluding hydrogens is 252 g/mol. The average Bonchev–Trinajstić information content (AvgIpc) is 3.28. The minimum absolute atomic E-state index is 0.478. The zero-order valence-corrected chi connectivity index (χ0v) is 11.3. The van der Waals surface area contributed by atoms with Crippen molar-refractivity contribution in [2.75, 3.05) is 13.2 Å². The van der Waals surface area contributed by atoms with Crippen LogP contribution in [0.15, 0.2) is 18.5 Å². The van der Waals surface area contributed by atoms with Crippen LogP contribution in [0.2, 0.25) is 0 Å². The van der Waals surface area contributed by atoms with Crippen LogP contribution in [-0.2, 0) is 4.74 Å². The van der Waals surface area contributed by atoms with Crippen molar-refractivity contribution >= 4 is 0 Å². The summed E-state index contributed by atoms with van der Waals surface area (Å²) in [6, 6.07) is 5.44. The van der Waals surface area contributed by atoms with Gasteiger partial charge in [0.15, 0.2) is 5.82 Å². The van der Waals surface area contributed by atoms with Gasteiger partial charge >= 0.3 is 0 Å². The van der Waals surface area contributed by atoms with Gasteiger partial charge in [0, 0.05) is 43.2 Å². The Morgan fingerprint density at radius 2 is 2.05 bits per heavy atom. The van der Waals surface area contributed by atoms with Gasteiger partial charge in [-0.25, -0.2) is 9.67 Å². The fraction of sp³-hybridized carbons (Fsp3) is 0.533. The van der Waals surface area contributed by atoms with Crippen molar-refractivity contribution in [3.63, 3.8) is 0 Å². The highest BCUT2D eigenvalue weighted by Gasteiger charge is 2.32. The standard InChI is InChI=1S/C15H17N4O/c1-2-12(10-16-7-1)14-17-15(11-5-8-20-9-6-11)19(18-14)13-3-4-13/h2,7,10-11,13H,3-6,8-9H2. The lowest BCUT2D eigenvalue weighted by Crippen LogP contribution is -2.18. The summed E-state index contributed by atoms with van der Waals surface area (Å²) >= 11 is 0. The van der Waals surface area contributed by atoms with E-state index in [4.69, 9.17) is 14.8 Å². The second kappa shape index (κ2) is 4.98. The number of aromatic nitrogens is 4. The SMILES string of the molecule is [c]1cncc(-c2nc(C3CCOCC3)n(C3CC3)n2)c1. The third-order valence-corrected chi connectivity index (χ3v) is 4.00. The Hall–Kier alpha value is -1.75. The maximum absolute atomic E-state index is 5.46. The molecule has 20 heavy (non-hydrogen) atoms. The molecular formula is C15H17N4O. The number of hydrogen-bond acceptors (Lipinski definition) is 4. The van der Waals surface area contributed by atoms with E-state index >= 15 is 0 Å². The Morgan fingerprint density at radius 1 is 1.20 bits per heavy atom. The highest BCUT2D eigenvalue weighted by molar-refractivity contribution is 5.52. The largest absolute Gasteiger partial charge is 0.381 e. The van der Waals surface area contributed by atoms with Crippen LogP contribution in [0.4, 0.5) is 0 Å². The van der Waals surface area contributed by atoms with Crippen molar-refractivity contribution in [3.05, 3.63) is 30.4 Å². The lowest BCUT2D eigenvalue weighted by Gasteiger charge is -2.21. The van der Waals surface area contributed by atoms with Crippen LogP contribution in [0.1, 0.15) is 43.5 Å². The van der Waals surface area contributed by atoms with Gasteiger partial charge in [-0.3, -0.25) is 4.98 Å². The second-order valence-corrected chi connectivity index (χ2v) is 5.53. The highest BCUT2D eigenvalue weighted by atomic mass is 16.5. The fourth-order valence-corrected chi connectivity index (χ4v) is 2.73. The number of hydrogen-bond donors (Lipinski definition) is 0. The van der Waals surface area contributed by atoms with Crippen LogP contribution in [0.25, 0.3) is 11.4 Å². The lowest BCUT2D eigenvalue weighted by molar-refractivity contribution is 0.0825. The Balaban J connectivity index is 1.71. The van der Waals surface area contributed by atoms with E-state index in [0.29, 0.717) is 12.0 Å². The molecule has 2 aromatic rings. The molecule has 0 amide bonds. The number of rotatable bonds is 3. The molecule has 0 bridgehead atoms. The van der Waals surface area contributed by atoms with Crippen molar-refractivity contribution in [2.45, 2.75) is 37.6 Å². The zero-order chi connectivity index (χ0) is 13.4. The molecule has 0 spiro atoms. The van der Waals surface area contributed by atoms with E-state index in [0.717, 1.165) is 43.3 Å². The summed E-state index contributed by atoms with van der Waals surface area (Å²) in [5.74, 6) is 2.39. The molecule has 1 aliphatic heterocycles. The minimum Gasteiger partial charge on any atom is -0.381 e. The molecule has 103 valence electrons. The normalized spacial score (nSPS) is 20.2. The van der Waals surface area contributed by atoms with E-state index in [1.54, 1.807) is 12.4 Å². The second-order valence-electron chi connectivity index (χ2n) is 5.53. The predicted molar refractivity (Wildman–Crippen MR) is 73.2 cm³/mol. The first-order valence-corrected chi connectivity index (χ1v) is 7.27. The van der Waals surface area contributed by atoms with Crippen LogP contribution >= 0.6 is 0 Å². The molecule has 1 saturated heterocycles. The molecule has 2 fully saturated rings. The number of ether oxygens (including phenoxy) is 1. The van der Waals surface area contributed by atoms with Crippen LogP contribution in [-0.4, -0.2) is 33.0 Å². The first-order valence-electron chi connectivity index (χ1n) is 7.27. The first kappa shape index (κ1) is 12.0. The van der Waals surface area contributed by atoms with Crippen molar-refractivity contribution in [1.29, 1.82) is 0 Å². The van der Waals surface area contributed by atoms with Crippen LogP contribution in [0.5, 0.6) is 0 Å². The monoisotopic (exact) mass is 269 g/mol. The van der Waals surface area contributed by atoms with E-state index in [9.17, 15) is 0 Å². The maximum Gasteiger partial charge on any atom is 0.182 e. The average molecular weight is 269 g/mol. The minimum atomic E-state index is 0.478. The molecule has 0 N–H and O–H groups in total. The molecule has 0 unspecified atom stereocenters. The first-order chi connectivity index (χ1) is 9.92. The summed E-state index contributed by atoms with van der Waals surface area (Å²) in [5.41, 5.74) is 0.945. The van der Waals surface area contributed by atoms with Crippen LogP contribution < -0.4 is 0 Å². The van der Waals surface area contributed by atoms with Crippen LogP contribution in [0.3, 0.4) is 0 Å². The van der Waals surface area contributed by atoms with Crippen molar-refractivity contribution in [1.82, 2.24) is 19.7 Å². The van der Waals surface area contributed by atoms with Gasteiger partial charge in [-0.15, -0.1) is 0 Å². The van der Waals surface area contributed by atoms with Crippen LogP contribution in [0, 0.1) is 6.07 Å². The van der Waals surface area contributed by atoms with E-state index in [2.05, 4.69) is 15.7 Å². The van der Waals surface area contributed by atoms with Gasteiger partial charge in [-0.1, -0.05) is 0 Å². The number of pyridine rings is 1. The van der Waals surface area contributed by atoms with E-state index in [1.807, 2.05) is 6.07 Å². The molecule has 0 atom stereocenters. The molecule has 0 aromatic carbocycles. The van der Waals surface area contributed by atoms with Gasteiger partial charge in [0.1, 0.15) is 5.82 Å². The van der Waals surface area contributed by atoms with E-state index in [-0.39, 0.29) is 0 Å². The third kappa shape index (κ3) is 2.22. The summed E-state index contributed by atoms with van der Waals surface area (Å²) in [6.45, 7) is 1.66. The van der Waals surface area contributed by atoms with Crippen molar-refractivity contribution in [3.8, 4) is 11.4 Å². The molecule has 2 aliphatic rings. The summed E-state index contributed by atoms with van der Waals surface area (Å²) in [5, 5.41) is 4.72.